The lowest BCUT2D eigenvalue weighted by atomic mass is 9.94. The molecule has 1 heterocycles. The largest absolute Gasteiger partial charge is 0.497 e. The standard InChI is InChI=1S/C12H17NO2/c1-12(9-13-7-8-15-12)10-3-5-11(14-2)6-4-10/h3-6,13H,7-9H2,1-2H3/t12-/m0/s1. The molecule has 82 valence electrons. The highest BCUT2D eigenvalue weighted by Gasteiger charge is 2.29. The molecule has 3 nitrogen and oxygen atoms in total. The summed E-state index contributed by atoms with van der Waals surface area (Å²) in [6.07, 6.45) is 0. The highest BCUT2D eigenvalue weighted by Crippen LogP contribution is 2.27. The Kier molecular flexibility index (Phi) is 2.93. The van der Waals surface area contributed by atoms with E-state index >= 15 is 0 Å². The molecule has 1 atom stereocenters. The number of ether oxygens (including phenoxy) is 2. The van der Waals surface area contributed by atoms with Gasteiger partial charge in [0.2, 0.25) is 0 Å². The number of hydrogen-bond donors (Lipinski definition) is 1. The van der Waals surface area contributed by atoms with E-state index in [4.69, 9.17) is 9.47 Å². The van der Waals surface area contributed by atoms with Gasteiger partial charge < -0.3 is 14.8 Å². The first-order valence-electron chi connectivity index (χ1n) is 5.24. The van der Waals surface area contributed by atoms with Crippen LogP contribution in [-0.2, 0) is 10.3 Å². The lowest BCUT2D eigenvalue weighted by Gasteiger charge is -2.34. The second-order valence-electron chi connectivity index (χ2n) is 3.98. The zero-order valence-electron chi connectivity index (χ0n) is 9.25. The fraction of sp³-hybridized carbons (Fsp3) is 0.500. The van der Waals surface area contributed by atoms with Crippen molar-refractivity contribution in [2.75, 3.05) is 26.8 Å². The highest BCUT2D eigenvalue weighted by atomic mass is 16.5. The van der Waals surface area contributed by atoms with Crippen LogP contribution in [0.4, 0.5) is 0 Å². The number of benzene rings is 1. The quantitative estimate of drug-likeness (QED) is 0.797. The van der Waals surface area contributed by atoms with Gasteiger partial charge >= 0.3 is 0 Å². The van der Waals surface area contributed by atoms with Crippen LogP contribution >= 0.6 is 0 Å². The molecule has 0 bridgehead atoms. The molecule has 0 saturated carbocycles. The number of rotatable bonds is 2. The van der Waals surface area contributed by atoms with Gasteiger partial charge in [0.15, 0.2) is 0 Å². The van der Waals surface area contributed by atoms with Crippen LogP contribution in [0.25, 0.3) is 0 Å². The minimum Gasteiger partial charge on any atom is -0.497 e. The van der Waals surface area contributed by atoms with Crippen molar-refractivity contribution in [1.29, 1.82) is 0 Å². The predicted octanol–water partition coefficient (Wildman–Crippen LogP) is 1.53. The summed E-state index contributed by atoms with van der Waals surface area (Å²) in [5.74, 6) is 0.881. The van der Waals surface area contributed by atoms with E-state index in [-0.39, 0.29) is 5.60 Å². The molecule has 1 saturated heterocycles. The molecule has 1 N–H and O–H groups in total. The fourth-order valence-electron chi connectivity index (χ4n) is 1.86. The van der Waals surface area contributed by atoms with Crippen LogP contribution in [0.2, 0.25) is 0 Å². The summed E-state index contributed by atoms with van der Waals surface area (Å²) in [6, 6.07) is 8.06. The van der Waals surface area contributed by atoms with E-state index in [9.17, 15) is 0 Å². The van der Waals surface area contributed by atoms with Gasteiger partial charge in [-0.3, -0.25) is 0 Å². The molecular formula is C12H17NO2. The van der Waals surface area contributed by atoms with Crippen molar-refractivity contribution < 1.29 is 9.47 Å². The second kappa shape index (κ2) is 4.21. The van der Waals surface area contributed by atoms with Gasteiger partial charge in [-0.05, 0) is 24.6 Å². The molecule has 3 heteroatoms. The third-order valence-corrected chi connectivity index (χ3v) is 2.86. The van der Waals surface area contributed by atoms with Crippen molar-refractivity contribution >= 4 is 0 Å². The minimum absolute atomic E-state index is 0.204. The molecule has 15 heavy (non-hydrogen) atoms. The Morgan fingerprint density at radius 2 is 2.07 bits per heavy atom. The summed E-state index contributed by atoms with van der Waals surface area (Å²) < 4.78 is 11.0. The summed E-state index contributed by atoms with van der Waals surface area (Å²) in [4.78, 5) is 0. The van der Waals surface area contributed by atoms with Crippen molar-refractivity contribution in [2.24, 2.45) is 0 Å². The van der Waals surface area contributed by atoms with E-state index in [1.165, 1.54) is 5.56 Å². The topological polar surface area (TPSA) is 30.5 Å². The van der Waals surface area contributed by atoms with Gasteiger partial charge in [-0.15, -0.1) is 0 Å². The number of nitrogens with one attached hydrogen (secondary N) is 1. The van der Waals surface area contributed by atoms with Gasteiger partial charge in [0.25, 0.3) is 0 Å². The molecule has 1 aromatic carbocycles. The van der Waals surface area contributed by atoms with Crippen molar-refractivity contribution in [3.63, 3.8) is 0 Å². The molecular weight excluding hydrogens is 190 g/mol. The summed E-state index contributed by atoms with van der Waals surface area (Å²) >= 11 is 0. The van der Waals surface area contributed by atoms with Crippen LogP contribution in [0.5, 0.6) is 5.75 Å². The Bertz CT molecular complexity index is 315. The van der Waals surface area contributed by atoms with Gasteiger partial charge in [0.05, 0.1) is 13.7 Å². The molecule has 2 rings (SSSR count). The minimum atomic E-state index is -0.204. The third kappa shape index (κ3) is 2.13. The van der Waals surface area contributed by atoms with Gasteiger partial charge in [0.1, 0.15) is 11.4 Å². The van der Waals surface area contributed by atoms with Crippen LogP contribution in [0.15, 0.2) is 24.3 Å². The van der Waals surface area contributed by atoms with Crippen molar-refractivity contribution in [1.82, 2.24) is 5.32 Å². The fourth-order valence-corrected chi connectivity index (χ4v) is 1.86. The predicted molar refractivity (Wildman–Crippen MR) is 59.2 cm³/mol. The van der Waals surface area contributed by atoms with E-state index in [1.54, 1.807) is 7.11 Å². The van der Waals surface area contributed by atoms with E-state index in [1.807, 2.05) is 12.1 Å². The monoisotopic (exact) mass is 207 g/mol. The molecule has 1 fully saturated rings. The summed E-state index contributed by atoms with van der Waals surface area (Å²) in [5, 5.41) is 3.35. The van der Waals surface area contributed by atoms with Crippen LogP contribution in [0, 0.1) is 0 Å². The molecule has 0 aromatic heterocycles. The SMILES string of the molecule is COc1ccc([C@]2(C)CNCCO2)cc1. The normalized spacial score (nSPS) is 26.3. The molecule has 0 aliphatic carbocycles. The first kappa shape index (κ1) is 10.5. The Labute approximate surface area is 90.4 Å². The van der Waals surface area contributed by atoms with Crippen LogP contribution in [0.3, 0.4) is 0 Å². The summed E-state index contributed by atoms with van der Waals surface area (Å²) in [7, 11) is 1.68. The van der Waals surface area contributed by atoms with Crippen LogP contribution < -0.4 is 10.1 Å². The average molecular weight is 207 g/mol. The Morgan fingerprint density at radius 3 is 2.60 bits per heavy atom. The number of morpholine rings is 1. The van der Waals surface area contributed by atoms with Gasteiger partial charge in [-0.1, -0.05) is 12.1 Å². The average Bonchev–Trinajstić information content (AvgIpc) is 2.30. The Balaban J connectivity index is 2.20. The first-order valence-corrected chi connectivity index (χ1v) is 5.24. The molecule has 0 unspecified atom stereocenters. The first-order chi connectivity index (χ1) is 7.24. The molecule has 0 spiro atoms. The van der Waals surface area contributed by atoms with Crippen LogP contribution in [-0.4, -0.2) is 26.8 Å². The van der Waals surface area contributed by atoms with E-state index < -0.39 is 0 Å². The Morgan fingerprint density at radius 1 is 1.33 bits per heavy atom. The Hall–Kier alpha value is -1.06. The van der Waals surface area contributed by atoms with Gasteiger partial charge in [0, 0.05) is 13.1 Å². The number of methoxy groups -OCH3 is 1. The zero-order chi connectivity index (χ0) is 10.7. The van der Waals surface area contributed by atoms with Crippen LogP contribution in [0.1, 0.15) is 12.5 Å². The smallest absolute Gasteiger partial charge is 0.118 e. The highest BCUT2D eigenvalue weighted by molar-refractivity contribution is 5.31. The maximum absolute atomic E-state index is 5.82. The zero-order valence-corrected chi connectivity index (χ0v) is 9.25. The van der Waals surface area contributed by atoms with Gasteiger partial charge in [-0.2, -0.15) is 0 Å². The lowest BCUT2D eigenvalue weighted by molar-refractivity contribution is -0.0572. The van der Waals surface area contributed by atoms with Crippen molar-refractivity contribution in [3.05, 3.63) is 29.8 Å². The molecule has 1 aliphatic heterocycles. The lowest BCUT2D eigenvalue weighted by Crippen LogP contribution is -2.45. The number of hydrogen-bond acceptors (Lipinski definition) is 3. The third-order valence-electron chi connectivity index (χ3n) is 2.86. The van der Waals surface area contributed by atoms with Crippen molar-refractivity contribution in [3.8, 4) is 5.75 Å². The second-order valence-corrected chi connectivity index (χ2v) is 3.98. The van der Waals surface area contributed by atoms with Gasteiger partial charge in [-0.25, -0.2) is 0 Å². The molecule has 1 aliphatic rings. The van der Waals surface area contributed by atoms with E-state index in [0.29, 0.717) is 0 Å². The molecule has 1 aromatic rings. The van der Waals surface area contributed by atoms with E-state index in [2.05, 4.69) is 24.4 Å². The maximum Gasteiger partial charge on any atom is 0.118 e. The van der Waals surface area contributed by atoms with E-state index in [0.717, 1.165) is 25.4 Å². The summed E-state index contributed by atoms with van der Waals surface area (Å²) in [6.45, 7) is 4.68. The molecule has 0 amide bonds. The van der Waals surface area contributed by atoms with Crippen molar-refractivity contribution in [2.45, 2.75) is 12.5 Å². The molecule has 0 radical (unpaired) electrons. The maximum atomic E-state index is 5.82. The summed E-state index contributed by atoms with van der Waals surface area (Å²) in [5.41, 5.74) is 0.986.